The summed E-state index contributed by atoms with van der Waals surface area (Å²) in [6.45, 7) is 5.91. The van der Waals surface area contributed by atoms with Crippen molar-refractivity contribution in [3.63, 3.8) is 0 Å². The summed E-state index contributed by atoms with van der Waals surface area (Å²) >= 11 is 0. The molecule has 3 unspecified atom stereocenters. The number of rotatable bonds is 5. The Morgan fingerprint density at radius 3 is 2.79 bits per heavy atom. The second-order valence-electron chi connectivity index (χ2n) is 6.84. The maximum atomic E-state index is 3.88. The third kappa shape index (κ3) is 4.63. The zero-order chi connectivity index (χ0) is 13.5. The Labute approximate surface area is 120 Å². The summed E-state index contributed by atoms with van der Waals surface area (Å²) in [7, 11) is 0. The number of allylic oxidation sites excluding steroid dienone is 1. The minimum absolute atomic E-state index is 0.697. The van der Waals surface area contributed by atoms with Crippen LogP contribution in [0.2, 0.25) is 0 Å². The van der Waals surface area contributed by atoms with E-state index in [4.69, 9.17) is 0 Å². The fourth-order valence-corrected chi connectivity index (χ4v) is 3.95. The lowest BCUT2D eigenvalue weighted by Gasteiger charge is -2.29. The van der Waals surface area contributed by atoms with Gasteiger partial charge in [0.05, 0.1) is 0 Å². The maximum Gasteiger partial charge on any atom is 0.0307 e. The van der Waals surface area contributed by atoms with Crippen LogP contribution in [-0.2, 0) is 0 Å². The average Bonchev–Trinajstić information content (AvgIpc) is 2.78. The molecule has 1 nitrogen and oxygen atoms in total. The van der Waals surface area contributed by atoms with Crippen LogP contribution in [0.25, 0.3) is 0 Å². The minimum Gasteiger partial charge on any atom is -0.310 e. The monoisotopic (exact) mass is 263 g/mol. The van der Waals surface area contributed by atoms with Crippen molar-refractivity contribution in [1.29, 1.82) is 0 Å². The molecule has 0 bridgehead atoms. The summed E-state index contributed by atoms with van der Waals surface area (Å²) in [5.41, 5.74) is 1.76. The van der Waals surface area contributed by atoms with E-state index in [9.17, 15) is 0 Å². The van der Waals surface area contributed by atoms with Crippen LogP contribution in [0.3, 0.4) is 0 Å². The fourth-order valence-electron chi connectivity index (χ4n) is 3.95. The molecule has 0 aromatic rings. The molecule has 0 spiro atoms. The van der Waals surface area contributed by atoms with Crippen LogP contribution in [0, 0.1) is 11.8 Å². The van der Waals surface area contributed by atoms with Crippen LogP contribution < -0.4 is 5.32 Å². The molecule has 0 saturated heterocycles. The van der Waals surface area contributed by atoms with E-state index in [0.29, 0.717) is 6.04 Å². The quantitative estimate of drug-likeness (QED) is 0.683. The molecule has 110 valence electrons. The lowest BCUT2D eigenvalue weighted by Crippen LogP contribution is -2.37. The van der Waals surface area contributed by atoms with E-state index in [1.807, 2.05) is 0 Å². The van der Waals surface area contributed by atoms with Crippen LogP contribution in [0.1, 0.15) is 78.1 Å². The van der Waals surface area contributed by atoms with E-state index in [-0.39, 0.29) is 0 Å². The fraction of sp³-hybridized carbons (Fsp3) is 0.889. The Morgan fingerprint density at radius 2 is 2.05 bits per heavy atom. The molecule has 2 aliphatic rings. The van der Waals surface area contributed by atoms with Gasteiger partial charge in [-0.05, 0) is 63.3 Å². The molecule has 19 heavy (non-hydrogen) atoms. The molecule has 1 heteroatoms. The second kappa shape index (κ2) is 8.09. The third-order valence-electron chi connectivity index (χ3n) is 5.05. The van der Waals surface area contributed by atoms with Gasteiger partial charge in [-0.2, -0.15) is 0 Å². The Morgan fingerprint density at radius 1 is 1.21 bits per heavy atom. The highest BCUT2D eigenvalue weighted by Crippen LogP contribution is 2.36. The van der Waals surface area contributed by atoms with Gasteiger partial charge in [-0.15, -0.1) is 0 Å². The standard InChI is InChI=1S/C18H33N/c1-3-13-19-18(17-12-11-15(2)14-17)16-9-7-5-4-6-8-10-16/h9,15,17-19H,3-8,10-14H2,1-2H3. The first-order valence-electron chi connectivity index (χ1n) is 8.73. The minimum atomic E-state index is 0.697. The first-order chi connectivity index (χ1) is 9.31. The highest BCUT2D eigenvalue weighted by Gasteiger charge is 2.30. The topological polar surface area (TPSA) is 12.0 Å². The van der Waals surface area contributed by atoms with Gasteiger partial charge in [-0.1, -0.05) is 44.8 Å². The summed E-state index contributed by atoms with van der Waals surface area (Å²) in [5, 5.41) is 3.88. The second-order valence-corrected chi connectivity index (χ2v) is 6.84. The summed E-state index contributed by atoms with van der Waals surface area (Å²) in [6.07, 6.45) is 16.6. The molecule has 3 atom stereocenters. The molecular formula is C18H33N. The molecule has 2 aliphatic carbocycles. The van der Waals surface area contributed by atoms with Crippen LogP contribution in [0.15, 0.2) is 11.6 Å². The van der Waals surface area contributed by atoms with Crippen molar-refractivity contribution in [3.8, 4) is 0 Å². The van der Waals surface area contributed by atoms with E-state index >= 15 is 0 Å². The Hall–Kier alpha value is -0.300. The lowest BCUT2D eigenvalue weighted by molar-refractivity contribution is 0.377. The smallest absolute Gasteiger partial charge is 0.0307 e. The van der Waals surface area contributed by atoms with Crippen molar-refractivity contribution < 1.29 is 0 Å². The predicted octanol–water partition coefficient (Wildman–Crippen LogP) is 5.07. The Balaban J connectivity index is 2.02. The molecule has 2 rings (SSSR count). The van der Waals surface area contributed by atoms with Gasteiger partial charge in [0.25, 0.3) is 0 Å². The van der Waals surface area contributed by atoms with Crippen LogP contribution in [-0.4, -0.2) is 12.6 Å². The van der Waals surface area contributed by atoms with Crippen molar-refractivity contribution in [3.05, 3.63) is 11.6 Å². The van der Waals surface area contributed by atoms with Gasteiger partial charge >= 0.3 is 0 Å². The molecule has 0 amide bonds. The van der Waals surface area contributed by atoms with Crippen molar-refractivity contribution >= 4 is 0 Å². The zero-order valence-corrected chi connectivity index (χ0v) is 13.1. The molecule has 0 aromatic heterocycles. The lowest BCUT2D eigenvalue weighted by atomic mass is 9.86. The van der Waals surface area contributed by atoms with Crippen molar-refractivity contribution in [2.45, 2.75) is 84.1 Å². The van der Waals surface area contributed by atoms with Crippen molar-refractivity contribution in [1.82, 2.24) is 5.32 Å². The highest BCUT2D eigenvalue weighted by molar-refractivity contribution is 5.14. The third-order valence-corrected chi connectivity index (χ3v) is 5.05. The van der Waals surface area contributed by atoms with E-state index in [1.165, 1.54) is 70.8 Å². The van der Waals surface area contributed by atoms with Crippen LogP contribution in [0.5, 0.6) is 0 Å². The van der Waals surface area contributed by atoms with Gasteiger partial charge in [-0.3, -0.25) is 0 Å². The van der Waals surface area contributed by atoms with Crippen molar-refractivity contribution in [2.75, 3.05) is 6.54 Å². The summed E-state index contributed by atoms with van der Waals surface area (Å²) in [6, 6.07) is 0.697. The summed E-state index contributed by atoms with van der Waals surface area (Å²) < 4.78 is 0. The van der Waals surface area contributed by atoms with E-state index in [2.05, 4.69) is 25.2 Å². The van der Waals surface area contributed by atoms with Crippen LogP contribution in [0.4, 0.5) is 0 Å². The Bertz CT molecular complexity index is 281. The van der Waals surface area contributed by atoms with E-state index in [0.717, 1.165) is 11.8 Å². The Kier molecular flexibility index (Phi) is 6.43. The normalized spacial score (nSPS) is 30.5. The first kappa shape index (κ1) is 15.1. The SMILES string of the molecule is CCCNC(C1=CCCCCCC1)C1CCC(C)C1. The molecule has 1 fully saturated rings. The van der Waals surface area contributed by atoms with Gasteiger partial charge in [0.1, 0.15) is 0 Å². The molecule has 0 aliphatic heterocycles. The van der Waals surface area contributed by atoms with Gasteiger partial charge in [-0.25, -0.2) is 0 Å². The summed E-state index contributed by atoms with van der Waals surface area (Å²) in [4.78, 5) is 0. The van der Waals surface area contributed by atoms with E-state index < -0.39 is 0 Å². The highest BCUT2D eigenvalue weighted by atomic mass is 14.9. The molecule has 0 radical (unpaired) electrons. The molecule has 1 saturated carbocycles. The number of hydrogen-bond donors (Lipinski definition) is 1. The van der Waals surface area contributed by atoms with Crippen molar-refractivity contribution in [2.24, 2.45) is 11.8 Å². The molecular weight excluding hydrogens is 230 g/mol. The van der Waals surface area contributed by atoms with Crippen LogP contribution >= 0.6 is 0 Å². The molecule has 0 aromatic carbocycles. The largest absolute Gasteiger partial charge is 0.310 e. The van der Waals surface area contributed by atoms with Gasteiger partial charge in [0.2, 0.25) is 0 Å². The zero-order valence-electron chi connectivity index (χ0n) is 13.1. The van der Waals surface area contributed by atoms with E-state index in [1.54, 1.807) is 5.57 Å². The van der Waals surface area contributed by atoms with Gasteiger partial charge in [0, 0.05) is 6.04 Å². The number of nitrogens with one attached hydrogen (secondary N) is 1. The predicted molar refractivity (Wildman–Crippen MR) is 84.4 cm³/mol. The maximum absolute atomic E-state index is 3.88. The first-order valence-corrected chi connectivity index (χ1v) is 8.73. The molecule has 0 heterocycles. The number of hydrogen-bond acceptors (Lipinski definition) is 1. The summed E-state index contributed by atoms with van der Waals surface area (Å²) in [5.74, 6) is 1.86. The van der Waals surface area contributed by atoms with Gasteiger partial charge in [0.15, 0.2) is 0 Å². The average molecular weight is 263 g/mol. The van der Waals surface area contributed by atoms with Gasteiger partial charge < -0.3 is 5.32 Å². The molecule has 1 N–H and O–H groups in total.